The van der Waals surface area contributed by atoms with Crippen LogP contribution < -0.4 is 5.32 Å². The summed E-state index contributed by atoms with van der Waals surface area (Å²) in [5.41, 5.74) is 0.265. The molecule has 0 aliphatic rings. The van der Waals surface area contributed by atoms with Crippen LogP contribution in [0.1, 0.15) is 10.4 Å². The molecule has 1 aromatic carbocycles. The first-order chi connectivity index (χ1) is 9.06. The Bertz CT molecular complexity index is 628. The number of halogens is 1. The number of aromatic nitrogens is 1. The lowest BCUT2D eigenvalue weighted by molar-refractivity contribution is -0.384. The quantitative estimate of drug-likeness (QED) is 0.522. The Labute approximate surface area is 107 Å². The molecule has 0 spiro atoms. The Morgan fingerprint density at radius 3 is 2.74 bits per heavy atom. The summed E-state index contributed by atoms with van der Waals surface area (Å²) in [6, 6.07) is 7.75. The molecular weight excluding hydrogens is 253 g/mol. The molecule has 96 valence electrons. The molecular formula is C12H8FN3O3. The third kappa shape index (κ3) is 3.09. The monoisotopic (exact) mass is 261 g/mol. The SMILES string of the molecule is O=C(Nc1ccc(F)nc1)c1cccc([N+](=O)[O-])c1. The van der Waals surface area contributed by atoms with Crippen molar-refractivity contribution in [3.63, 3.8) is 0 Å². The predicted molar refractivity (Wildman–Crippen MR) is 65.2 cm³/mol. The molecule has 0 aliphatic heterocycles. The number of hydrogen-bond acceptors (Lipinski definition) is 4. The number of nitrogens with one attached hydrogen (secondary N) is 1. The van der Waals surface area contributed by atoms with Crippen LogP contribution >= 0.6 is 0 Å². The summed E-state index contributed by atoms with van der Waals surface area (Å²) in [7, 11) is 0. The van der Waals surface area contributed by atoms with Crippen molar-refractivity contribution in [2.45, 2.75) is 0 Å². The van der Waals surface area contributed by atoms with Gasteiger partial charge in [0.2, 0.25) is 5.95 Å². The summed E-state index contributed by atoms with van der Waals surface area (Å²) >= 11 is 0. The van der Waals surface area contributed by atoms with Crippen LogP contribution in [0.2, 0.25) is 0 Å². The number of anilines is 1. The summed E-state index contributed by atoms with van der Waals surface area (Å²) in [5.74, 6) is -1.19. The van der Waals surface area contributed by atoms with Crippen LogP contribution in [0.25, 0.3) is 0 Å². The summed E-state index contributed by atoms with van der Waals surface area (Å²) in [5, 5.41) is 13.1. The van der Waals surface area contributed by atoms with Gasteiger partial charge in [0.1, 0.15) is 0 Å². The van der Waals surface area contributed by atoms with Gasteiger partial charge >= 0.3 is 0 Å². The number of amides is 1. The number of benzene rings is 1. The molecule has 0 saturated heterocycles. The number of nitro groups is 1. The highest BCUT2D eigenvalue weighted by Gasteiger charge is 2.11. The van der Waals surface area contributed by atoms with Crippen LogP contribution in [-0.4, -0.2) is 15.8 Å². The fraction of sp³-hybridized carbons (Fsp3) is 0. The molecule has 2 rings (SSSR count). The van der Waals surface area contributed by atoms with Crippen LogP contribution in [0, 0.1) is 16.1 Å². The molecule has 1 amide bonds. The first-order valence-electron chi connectivity index (χ1n) is 5.23. The molecule has 0 aliphatic carbocycles. The van der Waals surface area contributed by atoms with Crippen molar-refractivity contribution in [1.29, 1.82) is 0 Å². The van der Waals surface area contributed by atoms with Crippen molar-refractivity contribution >= 4 is 17.3 Å². The maximum Gasteiger partial charge on any atom is 0.270 e. The van der Waals surface area contributed by atoms with E-state index >= 15 is 0 Å². The van der Waals surface area contributed by atoms with E-state index in [4.69, 9.17) is 0 Å². The Morgan fingerprint density at radius 2 is 2.11 bits per heavy atom. The molecule has 1 aromatic heterocycles. The van der Waals surface area contributed by atoms with Gasteiger partial charge in [0.15, 0.2) is 0 Å². The van der Waals surface area contributed by atoms with Crippen LogP contribution in [-0.2, 0) is 0 Å². The summed E-state index contributed by atoms with van der Waals surface area (Å²) in [6.07, 6.45) is 1.16. The van der Waals surface area contributed by atoms with E-state index in [9.17, 15) is 19.3 Å². The number of carbonyl (C=O) groups is 1. The van der Waals surface area contributed by atoms with E-state index in [-0.39, 0.29) is 11.3 Å². The Balaban J connectivity index is 2.18. The standard InChI is InChI=1S/C12H8FN3O3/c13-11-5-4-9(7-14-11)15-12(17)8-2-1-3-10(6-8)16(18)19/h1-7H,(H,15,17). The van der Waals surface area contributed by atoms with Crippen LogP contribution in [0.5, 0.6) is 0 Å². The zero-order valence-electron chi connectivity index (χ0n) is 9.54. The number of carbonyl (C=O) groups excluding carboxylic acids is 1. The van der Waals surface area contributed by atoms with Gasteiger partial charge in [-0.05, 0) is 18.2 Å². The highest BCUT2D eigenvalue weighted by Crippen LogP contribution is 2.14. The molecule has 19 heavy (non-hydrogen) atoms. The number of hydrogen-bond donors (Lipinski definition) is 1. The second-order valence-electron chi connectivity index (χ2n) is 3.63. The Morgan fingerprint density at radius 1 is 1.32 bits per heavy atom. The van der Waals surface area contributed by atoms with E-state index in [0.717, 1.165) is 18.3 Å². The third-order valence-corrected chi connectivity index (χ3v) is 2.30. The van der Waals surface area contributed by atoms with Gasteiger partial charge in [0.25, 0.3) is 11.6 Å². The number of rotatable bonds is 3. The van der Waals surface area contributed by atoms with E-state index in [1.165, 1.54) is 24.3 Å². The first-order valence-corrected chi connectivity index (χ1v) is 5.23. The number of nitrogens with zero attached hydrogens (tertiary/aromatic N) is 2. The van der Waals surface area contributed by atoms with Gasteiger partial charge in [-0.3, -0.25) is 14.9 Å². The molecule has 0 bridgehead atoms. The molecule has 0 fully saturated rings. The normalized spacial score (nSPS) is 9.95. The van der Waals surface area contributed by atoms with Crippen LogP contribution in [0.15, 0.2) is 42.6 Å². The average molecular weight is 261 g/mol. The molecule has 0 radical (unpaired) electrons. The van der Waals surface area contributed by atoms with E-state index < -0.39 is 16.8 Å². The zero-order chi connectivity index (χ0) is 13.8. The Kier molecular flexibility index (Phi) is 3.46. The minimum Gasteiger partial charge on any atom is -0.321 e. The van der Waals surface area contributed by atoms with E-state index in [1.807, 2.05) is 0 Å². The van der Waals surface area contributed by atoms with Crippen molar-refractivity contribution in [3.05, 3.63) is 64.2 Å². The molecule has 6 nitrogen and oxygen atoms in total. The molecule has 0 saturated carbocycles. The lowest BCUT2D eigenvalue weighted by atomic mass is 10.2. The summed E-state index contributed by atoms with van der Waals surface area (Å²) in [4.78, 5) is 25.2. The fourth-order valence-corrected chi connectivity index (χ4v) is 1.41. The van der Waals surface area contributed by atoms with Crippen molar-refractivity contribution in [1.82, 2.24) is 4.98 Å². The summed E-state index contributed by atoms with van der Waals surface area (Å²) < 4.78 is 12.6. The van der Waals surface area contributed by atoms with Crippen LogP contribution in [0.4, 0.5) is 15.8 Å². The molecule has 7 heteroatoms. The summed E-state index contributed by atoms with van der Waals surface area (Å²) in [6.45, 7) is 0. The highest BCUT2D eigenvalue weighted by atomic mass is 19.1. The maximum absolute atomic E-state index is 12.6. The van der Waals surface area contributed by atoms with Crippen molar-refractivity contribution in [3.8, 4) is 0 Å². The van der Waals surface area contributed by atoms with Gasteiger partial charge < -0.3 is 5.32 Å². The van der Waals surface area contributed by atoms with Crippen molar-refractivity contribution in [2.75, 3.05) is 5.32 Å². The maximum atomic E-state index is 12.6. The molecule has 2 aromatic rings. The fourth-order valence-electron chi connectivity index (χ4n) is 1.41. The van der Waals surface area contributed by atoms with Gasteiger partial charge in [0, 0.05) is 17.7 Å². The minimum atomic E-state index is -0.659. The second-order valence-corrected chi connectivity index (χ2v) is 3.63. The topological polar surface area (TPSA) is 85.1 Å². The van der Waals surface area contributed by atoms with Gasteiger partial charge in [-0.25, -0.2) is 4.98 Å². The third-order valence-electron chi connectivity index (χ3n) is 2.30. The number of pyridine rings is 1. The highest BCUT2D eigenvalue weighted by molar-refractivity contribution is 6.04. The van der Waals surface area contributed by atoms with Crippen molar-refractivity contribution in [2.24, 2.45) is 0 Å². The smallest absolute Gasteiger partial charge is 0.270 e. The van der Waals surface area contributed by atoms with Gasteiger partial charge in [0.05, 0.1) is 16.8 Å². The van der Waals surface area contributed by atoms with Gasteiger partial charge in [-0.2, -0.15) is 4.39 Å². The lowest BCUT2D eigenvalue weighted by Crippen LogP contribution is -2.12. The lowest BCUT2D eigenvalue weighted by Gasteiger charge is -2.04. The van der Waals surface area contributed by atoms with Gasteiger partial charge in [-0.1, -0.05) is 6.07 Å². The molecule has 1 N–H and O–H groups in total. The number of nitro benzene ring substituents is 1. The number of non-ortho nitro benzene ring substituents is 1. The predicted octanol–water partition coefficient (Wildman–Crippen LogP) is 2.38. The Hall–Kier alpha value is -2.83. The van der Waals surface area contributed by atoms with E-state index in [2.05, 4.69) is 10.3 Å². The second kappa shape index (κ2) is 5.21. The first kappa shape index (κ1) is 12.6. The van der Waals surface area contributed by atoms with Crippen molar-refractivity contribution < 1.29 is 14.1 Å². The van der Waals surface area contributed by atoms with E-state index in [0.29, 0.717) is 5.69 Å². The van der Waals surface area contributed by atoms with Crippen LogP contribution in [0.3, 0.4) is 0 Å². The van der Waals surface area contributed by atoms with Gasteiger partial charge in [-0.15, -0.1) is 0 Å². The minimum absolute atomic E-state index is 0.138. The molecule has 0 unspecified atom stereocenters. The average Bonchev–Trinajstić information content (AvgIpc) is 2.41. The zero-order valence-corrected chi connectivity index (χ0v) is 9.54. The molecule has 1 heterocycles. The van der Waals surface area contributed by atoms with E-state index in [1.54, 1.807) is 0 Å². The molecule has 0 atom stereocenters. The largest absolute Gasteiger partial charge is 0.321 e.